The van der Waals surface area contributed by atoms with Gasteiger partial charge in [-0.25, -0.2) is 4.39 Å². The molecule has 0 saturated carbocycles. The summed E-state index contributed by atoms with van der Waals surface area (Å²) in [6.07, 6.45) is 2.27. The number of halogens is 2. The Hall–Kier alpha value is -2.06. The molecule has 0 fully saturated rings. The van der Waals surface area contributed by atoms with Crippen molar-refractivity contribution in [3.05, 3.63) is 41.5 Å². The van der Waals surface area contributed by atoms with Crippen LogP contribution in [-0.2, 0) is 13.7 Å². The largest absolute Gasteiger partial charge is 0.487 e. The lowest BCUT2D eigenvalue weighted by Crippen LogP contribution is -1.97. The van der Waals surface area contributed by atoms with Gasteiger partial charge in [-0.05, 0) is 12.1 Å². The van der Waals surface area contributed by atoms with Crippen molar-refractivity contribution in [2.75, 3.05) is 5.88 Å². The molecule has 0 bridgehead atoms. The molecule has 2 aromatic rings. The average Bonchev–Trinajstić information content (AvgIpc) is 2.85. The maximum Gasteiger partial charge on any atom is 0.142 e. The maximum absolute atomic E-state index is 13.8. The molecule has 6 heteroatoms. The van der Waals surface area contributed by atoms with Gasteiger partial charge < -0.3 is 4.74 Å². The van der Waals surface area contributed by atoms with Crippen LogP contribution in [0.5, 0.6) is 5.75 Å². The van der Waals surface area contributed by atoms with Crippen molar-refractivity contribution in [3.8, 4) is 17.6 Å². The summed E-state index contributed by atoms with van der Waals surface area (Å²) < 4.78 is 20.8. The predicted octanol–water partition coefficient (Wildman–Crippen LogP) is 2.51. The molecule has 0 N–H and O–H groups in total. The molecule has 1 heterocycles. The number of hydrogen-bond acceptors (Lipinski definition) is 3. The maximum atomic E-state index is 13.8. The van der Waals surface area contributed by atoms with Gasteiger partial charge in [-0.2, -0.15) is 0 Å². The normalized spacial score (nSPS) is 9.95. The van der Waals surface area contributed by atoms with Crippen molar-refractivity contribution in [2.45, 2.75) is 13.0 Å². The summed E-state index contributed by atoms with van der Waals surface area (Å²) in [5, 5.41) is 7.67. The number of benzene rings is 1. The summed E-state index contributed by atoms with van der Waals surface area (Å²) in [6.45, 7) is 0.241. The fourth-order valence-electron chi connectivity index (χ4n) is 1.51. The average molecular weight is 294 g/mol. The van der Waals surface area contributed by atoms with E-state index in [1.54, 1.807) is 30.1 Å². The Bertz CT molecular complexity index is 645. The summed E-state index contributed by atoms with van der Waals surface area (Å²) in [7, 11) is 1.77. The van der Waals surface area contributed by atoms with Crippen molar-refractivity contribution in [3.63, 3.8) is 0 Å². The van der Waals surface area contributed by atoms with Crippen molar-refractivity contribution >= 4 is 11.6 Å². The zero-order valence-corrected chi connectivity index (χ0v) is 11.7. The van der Waals surface area contributed by atoms with Crippen LogP contribution in [0.2, 0.25) is 0 Å². The number of alkyl halides is 1. The highest BCUT2D eigenvalue weighted by molar-refractivity contribution is 6.18. The highest BCUT2D eigenvalue weighted by Gasteiger charge is 2.04. The highest BCUT2D eigenvalue weighted by Crippen LogP contribution is 2.17. The molecule has 4 nitrogen and oxygen atoms in total. The van der Waals surface area contributed by atoms with Gasteiger partial charge in [0, 0.05) is 25.4 Å². The zero-order chi connectivity index (χ0) is 14.4. The lowest BCUT2D eigenvalue weighted by Gasteiger charge is -2.04. The van der Waals surface area contributed by atoms with Gasteiger partial charge in [-0.15, -0.1) is 16.7 Å². The van der Waals surface area contributed by atoms with Crippen LogP contribution in [-0.4, -0.2) is 20.9 Å². The van der Waals surface area contributed by atoms with E-state index < -0.39 is 5.82 Å². The van der Waals surface area contributed by atoms with Gasteiger partial charge >= 0.3 is 0 Å². The lowest BCUT2D eigenvalue weighted by molar-refractivity contribution is 0.299. The molecule has 1 aromatic carbocycles. The minimum Gasteiger partial charge on any atom is -0.487 e. The molecule has 0 amide bonds. The standard InChI is InChI=1S/C14H13ClFN3O/c1-19-9-12(17-18-19)10-20-13-6-5-11(14(16)8-13)4-2-3-7-15/h5-6,8-9H,3,7,10H2,1H3. The van der Waals surface area contributed by atoms with Crippen molar-refractivity contribution in [1.82, 2.24) is 15.0 Å². The molecule has 0 aliphatic carbocycles. The molecule has 2 rings (SSSR count). The molecular formula is C14H13ClFN3O. The van der Waals surface area contributed by atoms with Crippen LogP contribution < -0.4 is 4.74 Å². The Morgan fingerprint density at radius 2 is 2.30 bits per heavy atom. The quantitative estimate of drug-likeness (QED) is 0.642. The van der Waals surface area contributed by atoms with Crippen molar-refractivity contribution in [2.24, 2.45) is 7.05 Å². The van der Waals surface area contributed by atoms with Gasteiger partial charge in [0.15, 0.2) is 0 Å². The summed E-state index contributed by atoms with van der Waals surface area (Å²) in [4.78, 5) is 0. The first kappa shape index (κ1) is 14.4. The SMILES string of the molecule is Cn1cc(COc2ccc(C#CCCCl)c(F)c2)nn1. The number of hydrogen-bond donors (Lipinski definition) is 0. The van der Waals surface area contributed by atoms with Crippen LogP contribution in [0.25, 0.3) is 0 Å². The van der Waals surface area contributed by atoms with Crippen LogP contribution in [0.3, 0.4) is 0 Å². The Balaban J connectivity index is 2.00. The second kappa shape index (κ2) is 6.92. The van der Waals surface area contributed by atoms with E-state index in [1.807, 2.05) is 0 Å². The van der Waals surface area contributed by atoms with Crippen LogP contribution in [0.1, 0.15) is 17.7 Å². The summed E-state index contributed by atoms with van der Waals surface area (Å²) >= 11 is 5.50. The lowest BCUT2D eigenvalue weighted by atomic mass is 10.2. The molecule has 0 aliphatic rings. The van der Waals surface area contributed by atoms with E-state index in [0.29, 0.717) is 29.3 Å². The first-order valence-electron chi connectivity index (χ1n) is 6.01. The van der Waals surface area contributed by atoms with Gasteiger partial charge in [0.05, 0.1) is 11.8 Å². The topological polar surface area (TPSA) is 39.9 Å². The van der Waals surface area contributed by atoms with Gasteiger partial charge in [0.2, 0.25) is 0 Å². The predicted molar refractivity (Wildman–Crippen MR) is 74.0 cm³/mol. The third-order valence-corrected chi connectivity index (χ3v) is 2.61. The fraction of sp³-hybridized carbons (Fsp3) is 0.286. The van der Waals surface area contributed by atoms with E-state index in [9.17, 15) is 4.39 Å². The zero-order valence-electron chi connectivity index (χ0n) is 10.9. The fourth-order valence-corrected chi connectivity index (χ4v) is 1.61. The second-order valence-electron chi connectivity index (χ2n) is 4.05. The Labute approximate surface area is 121 Å². The molecule has 0 aliphatic heterocycles. The molecule has 0 radical (unpaired) electrons. The second-order valence-corrected chi connectivity index (χ2v) is 4.43. The Morgan fingerprint density at radius 3 is 2.95 bits per heavy atom. The van der Waals surface area contributed by atoms with E-state index in [0.717, 1.165) is 0 Å². The van der Waals surface area contributed by atoms with E-state index in [-0.39, 0.29) is 6.61 Å². The monoisotopic (exact) mass is 293 g/mol. The number of aromatic nitrogens is 3. The molecule has 1 aromatic heterocycles. The number of aryl methyl sites for hydroxylation is 1. The highest BCUT2D eigenvalue weighted by atomic mass is 35.5. The molecule has 0 saturated heterocycles. The Kier molecular flexibility index (Phi) is 4.97. The van der Waals surface area contributed by atoms with E-state index in [1.165, 1.54) is 6.07 Å². The van der Waals surface area contributed by atoms with Crippen LogP contribution >= 0.6 is 11.6 Å². The van der Waals surface area contributed by atoms with Crippen molar-refractivity contribution < 1.29 is 9.13 Å². The van der Waals surface area contributed by atoms with Crippen molar-refractivity contribution in [1.29, 1.82) is 0 Å². The number of nitrogens with zero attached hydrogens (tertiary/aromatic N) is 3. The van der Waals surface area contributed by atoms with E-state index in [4.69, 9.17) is 16.3 Å². The van der Waals surface area contributed by atoms with Gasteiger partial charge in [0.25, 0.3) is 0 Å². The molecule has 104 valence electrons. The summed E-state index contributed by atoms with van der Waals surface area (Å²) in [5.74, 6) is 5.97. The summed E-state index contributed by atoms with van der Waals surface area (Å²) in [6, 6.07) is 4.56. The molecule has 20 heavy (non-hydrogen) atoms. The van der Waals surface area contributed by atoms with Gasteiger partial charge in [0.1, 0.15) is 23.9 Å². The first-order chi connectivity index (χ1) is 9.69. The number of ether oxygens (including phenoxy) is 1. The minimum atomic E-state index is -0.413. The summed E-state index contributed by atoms with van der Waals surface area (Å²) in [5.41, 5.74) is 1.01. The minimum absolute atomic E-state index is 0.241. The molecular weight excluding hydrogens is 281 g/mol. The third kappa shape index (κ3) is 3.97. The third-order valence-electron chi connectivity index (χ3n) is 2.42. The van der Waals surface area contributed by atoms with Gasteiger partial charge in [-0.1, -0.05) is 17.1 Å². The van der Waals surface area contributed by atoms with Crippen LogP contribution in [0.4, 0.5) is 4.39 Å². The molecule has 0 spiro atoms. The molecule has 0 unspecified atom stereocenters. The van der Waals surface area contributed by atoms with Crippen LogP contribution in [0.15, 0.2) is 24.4 Å². The van der Waals surface area contributed by atoms with E-state index >= 15 is 0 Å². The Morgan fingerprint density at radius 1 is 1.45 bits per heavy atom. The first-order valence-corrected chi connectivity index (χ1v) is 6.55. The number of rotatable bonds is 4. The van der Waals surface area contributed by atoms with Gasteiger partial charge in [-0.3, -0.25) is 4.68 Å². The van der Waals surface area contributed by atoms with E-state index in [2.05, 4.69) is 22.2 Å². The smallest absolute Gasteiger partial charge is 0.142 e. The molecule has 0 atom stereocenters. The van der Waals surface area contributed by atoms with Crippen LogP contribution in [0, 0.1) is 17.7 Å².